The second-order valence-corrected chi connectivity index (χ2v) is 3.99. The van der Waals surface area contributed by atoms with Gasteiger partial charge in [0.2, 0.25) is 0 Å². The molecule has 0 spiro atoms. The molecule has 18 heavy (non-hydrogen) atoms. The van der Waals surface area contributed by atoms with Crippen LogP contribution in [0.4, 0.5) is 0 Å². The van der Waals surface area contributed by atoms with Crippen LogP contribution >= 0.6 is 0 Å². The van der Waals surface area contributed by atoms with Crippen molar-refractivity contribution in [3.8, 4) is 11.1 Å². The summed E-state index contributed by atoms with van der Waals surface area (Å²) in [6.07, 6.45) is 0. The first-order chi connectivity index (χ1) is 8.72. The van der Waals surface area contributed by atoms with E-state index in [1.54, 1.807) is 0 Å². The van der Waals surface area contributed by atoms with Crippen molar-refractivity contribution in [2.75, 3.05) is 7.11 Å². The van der Waals surface area contributed by atoms with E-state index in [1.165, 1.54) is 7.11 Å². The lowest BCUT2D eigenvalue weighted by molar-refractivity contribution is -0.142. The van der Waals surface area contributed by atoms with E-state index in [2.05, 4.69) is 4.74 Å². The van der Waals surface area contributed by atoms with Crippen LogP contribution in [-0.2, 0) is 9.53 Å². The summed E-state index contributed by atoms with van der Waals surface area (Å²) in [5.74, 6) is -0.430. The van der Waals surface area contributed by atoms with Crippen LogP contribution in [0.25, 0.3) is 11.1 Å². The van der Waals surface area contributed by atoms with Crippen LogP contribution in [0.2, 0.25) is 0 Å². The molecule has 0 radical (unpaired) electrons. The van der Waals surface area contributed by atoms with E-state index in [-0.39, 0.29) is 0 Å². The molecule has 0 aliphatic rings. The van der Waals surface area contributed by atoms with Crippen LogP contribution in [0.1, 0.15) is 11.6 Å². The smallest absolute Gasteiger partial charge is 0.327 e. The maximum absolute atomic E-state index is 11.4. The molecule has 0 unspecified atom stereocenters. The highest BCUT2D eigenvalue weighted by Gasteiger charge is 2.16. The first-order valence-electron chi connectivity index (χ1n) is 5.71. The molecule has 3 heteroatoms. The van der Waals surface area contributed by atoms with Crippen molar-refractivity contribution in [3.05, 3.63) is 60.2 Å². The van der Waals surface area contributed by atoms with E-state index in [1.807, 2.05) is 54.6 Å². The average molecular weight is 241 g/mol. The van der Waals surface area contributed by atoms with Crippen LogP contribution in [0.3, 0.4) is 0 Å². The highest BCUT2D eigenvalue weighted by atomic mass is 16.5. The van der Waals surface area contributed by atoms with E-state index < -0.39 is 12.0 Å². The molecule has 0 aromatic heterocycles. The Kier molecular flexibility index (Phi) is 3.75. The largest absolute Gasteiger partial charge is 0.468 e. The fourth-order valence-electron chi connectivity index (χ4n) is 1.81. The minimum atomic E-state index is -0.737. The predicted molar refractivity (Wildman–Crippen MR) is 70.8 cm³/mol. The van der Waals surface area contributed by atoms with Gasteiger partial charge in [0.1, 0.15) is 6.04 Å². The van der Waals surface area contributed by atoms with Crippen LogP contribution in [0.5, 0.6) is 0 Å². The number of esters is 1. The van der Waals surface area contributed by atoms with Gasteiger partial charge in [-0.15, -0.1) is 0 Å². The Balaban J connectivity index is 2.34. The lowest BCUT2D eigenvalue weighted by Gasteiger charge is -2.11. The van der Waals surface area contributed by atoms with Gasteiger partial charge >= 0.3 is 5.97 Å². The highest BCUT2D eigenvalue weighted by Crippen LogP contribution is 2.22. The Morgan fingerprint density at radius 1 is 1.06 bits per heavy atom. The Labute approximate surface area is 106 Å². The van der Waals surface area contributed by atoms with Gasteiger partial charge in [-0.3, -0.25) is 4.79 Å². The first kappa shape index (κ1) is 12.3. The zero-order valence-electron chi connectivity index (χ0n) is 10.2. The van der Waals surface area contributed by atoms with E-state index in [4.69, 9.17) is 5.73 Å². The number of rotatable bonds is 3. The highest BCUT2D eigenvalue weighted by molar-refractivity contribution is 5.78. The van der Waals surface area contributed by atoms with Gasteiger partial charge in [0.25, 0.3) is 0 Å². The SMILES string of the molecule is COC(=O)[C@@H](N)c1cccc(-c2ccccc2)c1. The fourth-order valence-corrected chi connectivity index (χ4v) is 1.81. The zero-order chi connectivity index (χ0) is 13.0. The van der Waals surface area contributed by atoms with E-state index in [0.29, 0.717) is 0 Å². The van der Waals surface area contributed by atoms with Crippen molar-refractivity contribution in [1.29, 1.82) is 0 Å². The number of methoxy groups -OCH3 is 1. The van der Waals surface area contributed by atoms with E-state index in [9.17, 15) is 4.79 Å². The Morgan fingerprint density at radius 3 is 2.39 bits per heavy atom. The summed E-state index contributed by atoms with van der Waals surface area (Å²) in [6, 6.07) is 16.8. The molecule has 0 amide bonds. The number of nitrogens with two attached hydrogens (primary N) is 1. The Morgan fingerprint density at radius 2 is 1.72 bits per heavy atom. The summed E-state index contributed by atoms with van der Waals surface area (Å²) in [5, 5.41) is 0. The van der Waals surface area contributed by atoms with Crippen molar-refractivity contribution >= 4 is 5.97 Å². The predicted octanol–water partition coefficient (Wildman–Crippen LogP) is 2.53. The molecule has 2 rings (SSSR count). The maximum atomic E-state index is 11.4. The Hall–Kier alpha value is -2.13. The number of carbonyl (C=O) groups excluding carboxylic acids is 1. The lowest BCUT2D eigenvalue weighted by atomic mass is 10.00. The minimum Gasteiger partial charge on any atom is -0.468 e. The van der Waals surface area contributed by atoms with Gasteiger partial charge in [-0.05, 0) is 22.8 Å². The summed E-state index contributed by atoms with van der Waals surface area (Å²) < 4.78 is 4.65. The van der Waals surface area contributed by atoms with Crippen LogP contribution in [-0.4, -0.2) is 13.1 Å². The molecule has 0 bridgehead atoms. The van der Waals surface area contributed by atoms with Crippen molar-refractivity contribution in [1.82, 2.24) is 0 Å². The third-order valence-electron chi connectivity index (χ3n) is 2.81. The topological polar surface area (TPSA) is 52.3 Å². The average Bonchev–Trinajstić information content (AvgIpc) is 2.46. The van der Waals surface area contributed by atoms with Crippen LogP contribution in [0, 0.1) is 0 Å². The third kappa shape index (κ3) is 2.57. The van der Waals surface area contributed by atoms with Gasteiger partial charge in [-0.1, -0.05) is 48.5 Å². The van der Waals surface area contributed by atoms with Gasteiger partial charge in [0.05, 0.1) is 7.11 Å². The number of carbonyl (C=O) groups is 1. The van der Waals surface area contributed by atoms with Gasteiger partial charge in [0, 0.05) is 0 Å². The second-order valence-electron chi connectivity index (χ2n) is 3.99. The van der Waals surface area contributed by atoms with Crippen LogP contribution < -0.4 is 5.73 Å². The number of benzene rings is 2. The van der Waals surface area contributed by atoms with Crippen molar-refractivity contribution in [3.63, 3.8) is 0 Å². The minimum absolute atomic E-state index is 0.430. The van der Waals surface area contributed by atoms with Crippen molar-refractivity contribution in [2.24, 2.45) is 5.73 Å². The molecule has 2 aromatic carbocycles. The molecule has 0 fully saturated rings. The van der Waals surface area contributed by atoms with Crippen molar-refractivity contribution < 1.29 is 9.53 Å². The summed E-state index contributed by atoms with van der Waals surface area (Å²) in [5.41, 5.74) is 8.70. The molecular weight excluding hydrogens is 226 g/mol. The van der Waals surface area contributed by atoms with Gasteiger partial charge < -0.3 is 10.5 Å². The van der Waals surface area contributed by atoms with Gasteiger partial charge in [-0.25, -0.2) is 0 Å². The Bertz CT molecular complexity index is 537. The standard InChI is InChI=1S/C15H15NO2/c1-18-15(17)14(16)13-9-5-8-12(10-13)11-6-3-2-4-7-11/h2-10,14H,16H2,1H3/t14-/m0/s1. The number of hydrogen-bond donors (Lipinski definition) is 1. The molecule has 2 aromatic rings. The normalized spacial score (nSPS) is 11.9. The molecule has 0 aliphatic carbocycles. The molecule has 0 saturated heterocycles. The third-order valence-corrected chi connectivity index (χ3v) is 2.81. The molecule has 0 heterocycles. The maximum Gasteiger partial charge on any atom is 0.327 e. The summed E-state index contributed by atoms with van der Waals surface area (Å²) in [7, 11) is 1.34. The monoisotopic (exact) mass is 241 g/mol. The zero-order valence-corrected chi connectivity index (χ0v) is 10.2. The lowest BCUT2D eigenvalue weighted by Crippen LogP contribution is -2.22. The molecule has 92 valence electrons. The van der Waals surface area contributed by atoms with Gasteiger partial charge in [-0.2, -0.15) is 0 Å². The molecule has 3 nitrogen and oxygen atoms in total. The second kappa shape index (κ2) is 5.47. The summed E-state index contributed by atoms with van der Waals surface area (Å²) in [6.45, 7) is 0. The summed E-state index contributed by atoms with van der Waals surface area (Å²) >= 11 is 0. The summed E-state index contributed by atoms with van der Waals surface area (Å²) in [4.78, 5) is 11.4. The molecule has 0 saturated carbocycles. The van der Waals surface area contributed by atoms with Gasteiger partial charge in [0.15, 0.2) is 0 Å². The number of ether oxygens (including phenoxy) is 1. The molecular formula is C15H15NO2. The van der Waals surface area contributed by atoms with Crippen molar-refractivity contribution in [2.45, 2.75) is 6.04 Å². The number of hydrogen-bond acceptors (Lipinski definition) is 3. The molecule has 0 aliphatic heterocycles. The molecule has 2 N–H and O–H groups in total. The quantitative estimate of drug-likeness (QED) is 0.840. The van der Waals surface area contributed by atoms with E-state index >= 15 is 0 Å². The fraction of sp³-hybridized carbons (Fsp3) is 0.133. The van der Waals surface area contributed by atoms with Crippen LogP contribution in [0.15, 0.2) is 54.6 Å². The first-order valence-corrected chi connectivity index (χ1v) is 5.71. The molecule has 1 atom stereocenters. The van der Waals surface area contributed by atoms with E-state index in [0.717, 1.165) is 16.7 Å².